The molecule has 0 heterocycles. The third-order valence-corrected chi connectivity index (χ3v) is 17.6. The SMILES string of the molecule is CC1=CC2C(CC3CCCC3C2C2CCC(C(C)(C)C)CC2)C1[Si](C)(C)C1C(C)=C(C)C(C)=C1C. The molecule has 0 aromatic heterocycles. The molecule has 0 spiro atoms. The summed E-state index contributed by atoms with van der Waals surface area (Å²) in [6.07, 6.45) is 15.0. The molecule has 0 amide bonds. The molecule has 5 aliphatic rings. The number of allylic oxidation sites excluding steroid dienone is 6. The number of hydrogen-bond donors (Lipinski definition) is 0. The number of fused-ring (bicyclic) bond motifs is 2. The lowest BCUT2D eigenvalue weighted by atomic mass is 9.56. The van der Waals surface area contributed by atoms with E-state index in [1.165, 1.54) is 38.5 Å². The Kier molecular flexibility index (Phi) is 6.72. The standard InChI is InChI=1S/C34H56Si/c1-20-18-29-30(32(20)35(9,10)33-23(4)21(2)22(3)24(33)5)19-26-12-11-13-28(26)31(29)25-14-16-27(17-15-25)34(6,7)8/h18,25-33H,11-17,19H2,1-10H3. The van der Waals surface area contributed by atoms with Crippen molar-refractivity contribution in [3.63, 3.8) is 0 Å². The van der Waals surface area contributed by atoms with Crippen molar-refractivity contribution in [2.24, 2.45) is 46.8 Å². The predicted octanol–water partition coefficient (Wildman–Crippen LogP) is 10.6. The highest BCUT2D eigenvalue weighted by molar-refractivity contribution is 6.82. The molecule has 6 unspecified atom stereocenters. The van der Waals surface area contributed by atoms with E-state index in [0.29, 0.717) is 5.41 Å². The van der Waals surface area contributed by atoms with E-state index in [1.54, 1.807) is 35.1 Å². The van der Waals surface area contributed by atoms with Crippen LogP contribution in [-0.2, 0) is 0 Å². The Labute approximate surface area is 219 Å². The maximum atomic E-state index is 2.89. The van der Waals surface area contributed by atoms with Gasteiger partial charge in [0, 0.05) is 0 Å². The topological polar surface area (TPSA) is 0 Å². The first-order chi connectivity index (χ1) is 16.3. The van der Waals surface area contributed by atoms with Gasteiger partial charge >= 0.3 is 0 Å². The van der Waals surface area contributed by atoms with Crippen molar-refractivity contribution in [3.05, 3.63) is 33.9 Å². The highest BCUT2D eigenvalue weighted by atomic mass is 28.3. The molecule has 0 bridgehead atoms. The van der Waals surface area contributed by atoms with E-state index in [9.17, 15) is 0 Å². The average molecular weight is 493 g/mol. The highest BCUT2D eigenvalue weighted by Crippen LogP contribution is 2.65. The van der Waals surface area contributed by atoms with Crippen LogP contribution in [0.1, 0.15) is 107 Å². The van der Waals surface area contributed by atoms with Crippen LogP contribution >= 0.6 is 0 Å². The van der Waals surface area contributed by atoms with Crippen molar-refractivity contribution in [3.8, 4) is 0 Å². The fourth-order valence-electron chi connectivity index (χ4n) is 11.1. The van der Waals surface area contributed by atoms with Crippen LogP contribution in [0.2, 0.25) is 24.2 Å². The molecule has 0 nitrogen and oxygen atoms in total. The second kappa shape index (κ2) is 9.02. The monoisotopic (exact) mass is 492 g/mol. The number of rotatable bonds is 3. The molecule has 0 radical (unpaired) electrons. The van der Waals surface area contributed by atoms with Crippen LogP contribution in [0.5, 0.6) is 0 Å². The first-order valence-electron chi connectivity index (χ1n) is 15.4. The second-order valence-corrected chi connectivity index (χ2v) is 20.5. The average Bonchev–Trinajstić information content (AvgIpc) is 3.43. The van der Waals surface area contributed by atoms with Gasteiger partial charge < -0.3 is 0 Å². The molecule has 6 atom stereocenters. The highest BCUT2D eigenvalue weighted by Gasteiger charge is 2.57. The van der Waals surface area contributed by atoms with Gasteiger partial charge in [-0.05, 0) is 142 Å². The molecule has 196 valence electrons. The molecule has 0 aliphatic heterocycles. The zero-order chi connectivity index (χ0) is 25.4. The fourth-order valence-corrected chi connectivity index (χ4v) is 16.9. The van der Waals surface area contributed by atoms with Crippen molar-refractivity contribution < 1.29 is 0 Å². The van der Waals surface area contributed by atoms with Crippen molar-refractivity contribution in [2.45, 2.75) is 131 Å². The predicted molar refractivity (Wildman–Crippen MR) is 156 cm³/mol. The molecule has 3 fully saturated rings. The van der Waals surface area contributed by atoms with Gasteiger partial charge in [-0.3, -0.25) is 0 Å². The van der Waals surface area contributed by atoms with Gasteiger partial charge in [0.25, 0.3) is 0 Å². The fraction of sp³-hybridized carbons (Fsp3) is 0.824. The van der Waals surface area contributed by atoms with Crippen molar-refractivity contribution in [1.82, 2.24) is 0 Å². The number of hydrogen-bond acceptors (Lipinski definition) is 0. The molecule has 0 aromatic carbocycles. The van der Waals surface area contributed by atoms with Crippen LogP contribution in [-0.4, -0.2) is 8.07 Å². The first kappa shape index (κ1) is 26.1. The van der Waals surface area contributed by atoms with Gasteiger partial charge in [0.15, 0.2) is 0 Å². The van der Waals surface area contributed by atoms with Crippen LogP contribution < -0.4 is 0 Å². The molecule has 0 saturated heterocycles. The Bertz CT molecular complexity index is 904. The summed E-state index contributed by atoms with van der Waals surface area (Å²) >= 11 is 0. The maximum Gasteiger partial charge on any atom is 0.0669 e. The summed E-state index contributed by atoms with van der Waals surface area (Å²) in [6.45, 7) is 25.3. The van der Waals surface area contributed by atoms with Gasteiger partial charge in [-0.15, -0.1) is 0 Å². The summed E-state index contributed by atoms with van der Waals surface area (Å²) in [5.41, 5.74) is 10.6. The molecule has 5 aliphatic carbocycles. The minimum absolute atomic E-state index is 0.495. The zero-order valence-corrected chi connectivity index (χ0v) is 25.9. The minimum Gasteiger partial charge on any atom is -0.0819 e. The van der Waals surface area contributed by atoms with Gasteiger partial charge in [0.1, 0.15) is 0 Å². The Morgan fingerprint density at radius 3 is 1.91 bits per heavy atom. The second-order valence-electron chi connectivity index (χ2n) is 15.6. The van der Waals surface area contributed by atoms with E-state index in [2.05, 4.69) is 74.6 Å². The van der Waals surface area contributed by atoms with Crippen molar-refractivity contribution >= 4 is 8.07 Å². The summed E-state index contributed by atoms with van der Waals surface area (Å²) in [7, 11) is -1.56. The molecule has 5 rings (SSSR count). The van der Waals surface area contributed by atoms with Gasteiger partial charge in [0.2, 0.25) is 0 Å². The maximum absolute atomic E-state index is 2.89. The minimum atomic E-state index is -1.56. The Balaban J connectivity index is 1.45. The van der Waals surface area contributed by atoms with E-state index < -0.39 is 8.07 Å². The Morgan fingerprint density at radius 1 is 0.743 bits per heavy atom. The van der Waals surface area contributed by atoms with Gasteiger partial charge in [-0.25, -0.2) is 0 Å². The third-order valence-electron chi connectivity index (χ3n) is 12.8. The van der Waals surface area contributed by atoms with Crippen LogP contribution in [0.3, 0.4) is 0 Å². The largest absolute Gasteiger partial charge is 0.0819 e. The summed E-state index contributed by atoms with van der Waals surface area (Å²) in [6, 6.07) is 0. The quantitative estimate of drug-likeness (QED) is 0.271. The molecule has 35 heavy (non-hydrogen) atoms. The van der Waals surface area contributed by atoms with E-state index in [-0.39, 0.29) is 0 Å². The molecular formula is C34H56Si. The molecule has 0 aromatic rings. The smallest absolute Gasteiger partial charge is 0.0669 e. The lowest BCUT2D eigenvalue weighted by molar-refractivity contribution is 0.0144. The van der Waals surface area contributed by atoms with Gasteiger partial charge in [-0.2, -0.15) is 0 Å². The van der Waals surface area contributed by atoms with Crippen LogP contribution in [0.15, 0.2) is 33.9 Å². The van der Waals surface area contributed by atoms with Crippen LogP contribution in [0, 0.1) is 46.8 Å². The van der Waals surface area contributed by atoms with Gasteiger partial charge in [0.05, 0.1) is 8.07 Å². The lowest BCUT2D eigenvalue weighted by Crippen LogP contribution is -2.47. The van der Waals surface area contributed by atoms with Crippen molar-refractivity contribution in [1.29, 1.82) is 0 Å². The van der Waals surface area contributed by atoms with Crippen LogP contribution in [0.4, 0.5) is 0 Å². The molecule has 3 saturated carbocycles. The van der Waals surface area contributed by atoms with E-state index >= 15 is 0 Å². The normalized spacial score (nSPS) is 40.9. The third kappa shape index (κ3) is 4.13. The molecule has 0 N–H and O–H groups in total. The van der Waals surface area contributed by atoms with E-state index in [4.69, 9.17) is 0 Å². The van der Waals surface area contributed by atoms with E-state index in [0.717, 1.165) is 52.5 Å². The van der Waals surface area contributed by atoms with Crippen molar-refractivity contribution in [2.75, 3.05) is 0 Å². The van der Waals surface area contributed by atoms with Crippen LogP contribution in [0.25, 0.3) is 0 Å². The lowest BCUT2D eigenvalue weighted by Gasteiger charge is -2.52. The van der Waals surface area contributed by atoms with Gasteiger partial charge in [-0.1, -0.05) is 69.5 Å². The summed E-state index contributed by atoms with van der Waals surface area (Å²) in [5.74, 6) is 6.84. The Morgan fingerprint density at radius 2 is 1.34 bits per heavy atom. The summed E-state index contributed by atoms with van der Waals surface area (Å²) in [4.78, 5) is 0. The zero-order valence-electron chi connectivity index (χ0n) is 24.9. The summed E-state index contributed by atoms with van der Waals surface area (Å²) in [5, 5.41) is 0. The van der Waals surface area contributed by atoms with E-state index in [1.807, 2.05) is 5.57 Å². The summed E-state index contributed by atoms with van der Waals surface area (Å²) < 4.78 is 0. The molecular weight excluding hydrogens is 436 g/mol. The first-order valence-corrected chi connectivity index (χ1v) is 18.5. The Hall–Kier alpha value is -0.563. The molecule has 1 heteroatoms.